The maximum atomic E-state index is 12.2. The van der Waals surface area contributed by atoms with Gasteiger partial charge >= 0.3 is 0 Å². The molecule has 0 aliphatic heterocycles. The van der Waals surface area contributed by atoms with E-state index < -0.39 is 5.82 Å². The normalized spacial score (nSPS) is 9.35. The number of hydrogen-bond donors (Lipinski definition) is 2. The van der Waals surface area contributed by atoms with Gasteiger partial charge in [0, 0.05) is 6.20 Å². The molecular weight excluding hydrogens is 247 g/mol. The predicted molar refractivity (Wildman–Crippen MR) is 62.6 cm³/mol. The highest BCUT2D eigenvalue weighted by molar-refractivity contribution is 6.28. The van der Waals surface area contributed by atoms with Crippen molar-refractivity contribution in [3.63, 3.8) is 0 Å². The number of aryl methyl sites for hydroxylation is 1. The Morgan fingerprint density at radius 1 is 1.24 bits per heavy atom. The first-order chi connectivity index (χ1) is 7.99. The first-order valence-corrected chi connectivity index (χ1v) is 4.85. The average molecular weight is 257 g/mol. The van der Waals surface area contributed by atoms with E-state index in [1.54, 1.807) is 19.2 Å². The van der Waals surface area contributed by atoms with Gasteiger partial charge in [0.2, 0.25) is 5.28 Å². The van der Waals surface area contributed by atoms with Crippen molar-refractivity contribution in [1.82, 2.24) is 19.9 Å². The van der Waals surface area contributed by atoms with Crippen molar-refractivity contribution >= 4 is 23.2 Å². The lowest BCUT2D eigenvalue weighted by atomic mass is 10.6. The van der Waals surface area contributed by atoms with Gasteiger partial charge in [0.05, 0.1) is 6.20 Å². The van der Waals surface area contributed by atoms with Gasteiger partial charge in [0.25, 0.3) is 0 Å². The molecule has 2 aromatic heterocycles. The van der Waals surface area contributed by atoms with E-state index in [1.807, 2.05) is 0 Å². The van der Waals surface area contributed by atoms with Crippen molar-refractivity contribution in [2.24, 2.45) is 0 Å². The summed E-state index contributed by atoms with van der Waals surface area (Å²) in [7, 11) is 0. The zero-order valence-electron chi connectivity index (χ0n) is 8.93. The third kappa shape index (κ3) is 4.56. The summed E-state index contributed by atoms with van der Waals surface area (Å²) in [6.45, 7) is 1.80. The molecule has 0 aliphatic rings. The molecule has 0 saturated heterocycles. The Morgan fingerprint density at radius 3 is 2.35 bits per heavy atom. The van der Waals surface area contributed by atoms with E-state index in [2.05, 4.69) is 19.9 Å². The number of anilines is 2. The van der Waals surface area contributed by atoms with Crippen LogP contribution in [0.4, 0.5) is 16.0 Å². The topological polar surface area (TPSA) is 104 Å². The number of hydrogen-bond acceptors (Lipinski definition) is 6. The van der Waals surface area contributed by atoms with Gasteiger partial charge in [-0.3, -0.25) is 0 Å². The lowest BCUT2D eigenvalue weighted by molar-refractivity contribution is 0.619. The smallest absolute Gasteiger partial charge is 0.224 e. The molecule has 0 amide bonds. The highest BCUT2D eigenvalue weighted by atomic mass is 35.5. The minimum Gasteiger partial charge on any atom is -0.384 e. The summed E-state index contributed by atoms with van der Waals surface area (Å²) in [5.41, 5.74) is 10.3. The highest BCUT2D eigenvalue weighted by Gasteiger charge is 1.98. The first-order valence-electron chi connectivity index (χ1n) is 4.47. The quantitative estimate of drug-likeness (QED) is 0.687. The molecule has 0 atom stereocenters. The van der Waals surface area contributed by atoms with E-state index in [1.165, 1.54) is 0 Å². The fraction of sp³-hybridized carbons (Fsp3) is 0.111. The standard InChI is InChI=1S/C5H7N3.C4H3ClFN3/c1-4-7-3-2-5(6)8-4;5-4-8-1-2(6)3(7)9-4/h2-3H,1H3,(H2,6,7,8);1H,(H2,7,8,9). The molecule has 0 saturated carbocycles. The number of nitrogens with two attached hydrogens (primary N) is 2. The molecule has 90 valence electrons. The van der Waals surface area contributed by atoms with Gasteiger partial charge < -0.3 is 11.5 Å². The number of rotatable bonds is 0. The van der Waals surface area contributed by atoms with Crippen molar-refractivity contribution < 1.29 is 4.39 Å². The minimum atomic E-state index is -0.653. The lowest BCUT2D eigenvalue weighted by Crippen LogP contribution is -1.95. The lowest BCUT2D eigenvalue weighted by Gasteiger charge is -1.91. The number of halogens is 2. The third-order valence-electron chi connectivity index (χ3n) is 1.54. The first kappa shape index (κ1) is 13.0. The van der Waals surface area contributed by atoms with E-state index >= 15 is 0 Å². The molecule has 2 heterocycles. The van der Waals surface area contributed by atoms with Crippen molar-refractivity contribution in [1.29, 1.82) is 0 Å². The summed E-state index contributed by atoms with van der Waals surface area (Å²) in [5.74, 6) is 0.358. The van der Waals surface area contributed by atoms with Gasteiger partial charge in [-0.2, -0.15) is 4.98 Å². The minimum absolute atomic E-state index is 0.0473. The summed E-state index contributed by atoms with van der Waals surface area (Å²) >= 11 is 5.25. The van der Waals surface area contributed by atoms with Crippen LogP contribution in [0.1, 0.15) is 5.82 Å². The van der Waals surface area contributed by atoms with E-state index in [0.717, 1.165) is 6.20 Å². The summed E-state index contributed by atoms with van der Waals surface area (Å²) in [5, 5.41) is -0.0473. The van der Waals surface area contributed by atoms with Gasteiger partial charge in [0.15, 0.2) is 11.6 Å². The fourth-order valence-electron chi connectivity index (χ4n) is 0.832. The zero-order valence-corrected chi connectivity index (χ0v) is 9.69. The Hall–Kier alpha value is -2.02. The Balaban J connectivity index is 0.000000171. The average Bonchev–Trinajstić information content (AvgIpc) is 2.24. The fourth-order valence-corrected chi connectivity index (χ4v) is 0.972. The van der Waals surface area contributed by atoms with Crippen LogP contribution in [0.25, 0.3) is 0 Å². The molecule has 2 rings (SSSR count). The third-order valence-corrected chi connectivity index (χ3v) is 1.72. The zero-order chi connectivity index (χ0) is 12.8. The van der Waals surface area contributed by atoms with Gasteiger partial charge in [-0.25, -0.2) is 19.3 Å². The van der Waals surface area contributed by atoms with E-state index in [4.69, 9.17) is 23.1 Å². The van der Waals surface area contributed by atoms with Crippen LogP contribution in [-0.4, -0.2) is 19.9 Å². The molecule has 0 fully saturated rings. The number of aromatic nitrogens is 4. The van der Waals surface area contributed by atoms with Crippen LogP contribution in [-0.2, 0) is 0 Å². The number of nitrogen functional groups attached to an aromatic ring is 2. The molecule has 0 radical (unpaired) electrons. The van der Waals surface area contributed by atoms with Gasteiger partial charge in [0.1, 0.15) is 11.6 Å². The van der Waals surface area contributed by atoms with Gasteiger partial charge in [-0.1, -0.05) is 0 Å². The molecule has 8 heteroatoms. The Bertz CT molecular complexity index is 489. The molecule has 6 nitrogen and oxygen atoms in total. The van der Waals surface area contributed by atoms with E-state index in [9.17, 15) is 4.39 Å². The molecule has 0 aromatic carbocycles. The second-order valence-electron chi connectivity index (χ2n) is 2.90. The Labute approximate surface area is 102 Å². The molecule has 0 bridgehead atoms. The van der Waals surface area contributed by atoms with Gasteiger partial charge in [-0.05, 0) is 24.6 Å². The molecule has 4 N–H and O–H groups in total. The molecule has 17 heavy (non-hydrogen) atoms. The summed E-state index contributed by atoms with van der Waals surface area (Å²) in [6, 6.07) is 1.66. The molecule has 0 aliphatic carbocycles. The molecular formula is C9H10ClFN6. The summed E-state index contributed by atoms with van der Waals surface area (Å²) in [4.78, 5) is 14.4. The van der Waals surface area contributed by atoms with Crippen LogP contribution in [0.15, 0.2) is 18.5 Å². The van der Waals surface area contributed by atoms with E-state index in [-0.39, 0.29) is 11.1 Å². The van der Waals surface area contributed by atoms with Crippen LogP contribution in [0.2, 0.25) is 5.28 Å². The number of nitrogens with zero attached hydrogens (tertiary/aromatic N) is 4. The van der Waals surface area contributed by atoms with Crippen molar-refractivity contribution in [3.05, 3.63) is 35.4 Å². The highest BCUT2D eigenvalue weighted by Crippen LogP contribution is 2.06. The summed E-state index contributed by atoms with van der Waals surface area (Å²) in [6.07, 6.45) is 2.56. The Morgan fingerprint density at radius 2 is 1.94 bits per heavy atom. The SMILES string of the molecule is Cc1nccc(N)n1.Nc1nc(Cl)ncc1F. The summed E-state index contributed by atoms with van der Waals surface area (Å²) < 4.78 is 12.2. The largest absolute Gasteiger partial charge is 0.384 e. The van der Waals surface area contributed by atoms with Crippen LogP contribution in [0, 0.1) is 12.7 Å². The maximum absolute atomic E-state index is 12.2. The van der Waals surface area contributed by atoms with Crippen LogP contribution < -0.4 is 11.5 Å². The van der Waals surface area contributed by atoms with Crippen molar-refractivity contribution in [2.45, 2.75) is 6.92 Å². The maximum Gasteiger partial charge on any atom is 0.224 e. The molecule has 0 unspecified atom stereocenters. The van der Waals surface area contributed by atoms with Crippen LogP contribution in [0.3, 0.4) is 0 Å². The van der Waals surface area contributed by atoms with Crippen molar-refractivity contribution in [2.75, 3.05) is 11.5 Å². The van der Waals surface area contributed by atoms with Crippen LogP contribution in [0.5, 0.6) is 0 Å². The van der Waals surface area contributed by atoms with Crippen LogP contribution >= 0.6 is 11.6 Å². The van der Waals surface area contributed by atoms with Gasteiger partial charge in [-0.15, -0.1) is 0 Å². The second kappa shape index (κ2) is 5.90. The second-order valence-corrected chi connectivity index (χ2v) is 3.24. The molecule has 2 aromatic rings. The Kier molecular flexibility index (Phi) is 4.53. The van der Waals surface area contributed by atoms with Crippen molar-refractivity contribution in [3.8, 4) is 0 Å². The molecule has 0 spiro atoms. The van der Waals surface area contributed by atoms with E-state index in [0.29, 0.717) is 11.6 Å². The monoisotopic (exact) mass is 256 g/mol. The predicted octanol–water partition coefficient (Wildman–Crippen LogP) is 1.22.